The molecule has 4 aromatic rings. The van der Waals surface area contributed by atoms with Crippen LogP contribution in [-0.4, -0.2) is 34.2 Å². The molecule has 168 valence electrons. The molecule has 2 aromatic carbocycles. The number of fused-ring (bicyclic) bond motifs is 1. The lowest BCUT2D eigenvalue weighted by Crippen LogP contribution is -2.31. The molecule has 0 fully saturated rings. The molecule has 0 aliphatic carbocycles. The van der Waals surface area contributed by atoms with Crippen LogP contribution in [0.3, 0.4) is 0 Å². The van der Waals surface area contributed by atoms with E-state index >= 15 is 0 Å². The molecule has 0 radical (unpaired) electrons. The Morgan fingerprint density at radius 2 is 1.85 bits per heavy atom. The van der Waals surface area contributed by atoms with Gasteiger partial charge < -0.3 is 4.42 Å². The number of carbonyl (C=O) groups is 3. The number of nitrogens with zero attached hydrogens (tertiary/aromatic N) is 3. The van der Waals surface area contributed by atoms with Crippen LogP contribution in [0, 0.1) is 0 Å². The second-order valence-electron chi connectivity index (χ2n) is 7.62. The average Bonchev–Trinajstić information content (AvgIpc) is 3.61. The van der Waals surface area contributed by atoms with Crippen LogP contribution < -0.4 is 4.90 Å². The van der Waals surface area contributed by atoms with Crippen LogP contribution in [-0.2, 0) is 6.54 Å². The molecule has 0 unspecified atom stereocenters. The topological polar surface area (TPSA) is 83.7 Å². The zero-order valence-electron chi connectivity index (χ0n) is 18.0. The number of rotatable bonds is 7. The third kappa shape index (κ3) is 3.84. The minimum Gasteiger partial charge on any atom is -0.467 e. The molecule has 3 heterocycles. The van der Waals surface area contributed by atoms with Gasteiger partial charge in [0.25, 0.3) is 17.7 Å². The molecule has 8 heteroatoms. The molecule has 0 bridgehead atoms. The first-order chi connectivity index (χ1) is 16.6. The van der Waals surface area contributed by atoms with E-state index in [2.05, 4.69) is 11.6 Å². The van der Waals surface area contributed by atoms with Crippen LogP contribution in [0.1, 0.15) is 36.8 Å². The monoisotopic (exact) mass is 469 g/mol. The molecular weight excluding hydrogens is 450 g/mol. The molecule has 0 saturated carbocycles. The molecule has 0 atom stereocenters. The van der Waals surface area contributed by atoms with Crippen molar-refractivity contribution in [1.82, 2.24) is 9.88 Å². The van der Waals surface area contributed by atoms with E-state index in [0.29, 0.717) is 10.9 Å². The summed E-state index contributed by atoms with van der Waals surface area (Å²) < 4.78 is 5.27. The Kier molecular flexibility index (Phi) is 5.65. The average molecular weight is 470 g/mol. The molecule has 1 aliphatic heterocycles. The zero-order valence-corrected chi connectivity index (χ0v) is 18.8. The summed E-state index contributed by atoms with van der Waals surface area (Å²) in [5.74, 6) is -0.699. The number of anilines is 1. The summed E-state index contributed by atoms with van der Waals surface area (Å²) in [4.78, 5) is 46.4. The predicted octanol–water partition coefficient (Wildman–Crippen LogP) is 5.03. The highest BCUT2D eigenvalue weighted by Crippen LogP contribution is 2.30. The highest BCUT2D eigenvalue weighted by Gasteiger charge is 2.37. The summed E-state index contributed by atoms with van der Waals surface area (Å²) in [6, 6.07) is 17.6. The SMILES string of the molecule is C=CCN(C(=O)c1ccc2c(c1)C(=O)N(Cc1ccco1)C2=O)c1nc(-c2ccccc2)cs1. The first kappa shape index (κ1) is 21.5. The first-order valence-electron chi connectivity index (χ1n) is 10.5. The van der Waals surface area contributed by atoms with Gasteiger partial charge in [0, 0.05) is 23.1 Å². The van der Waals surface area contributed by atoms with E-state index < -0.39 is 11.8 Å². The van der Waals surface area contributed by atoms with Gasteiger partial charge in [-0.15, -0.1) is 17.9 Å². The lowest BCUT2D eigenvalue weighted by molar-refractivity contribution is 0.0631. The number of carbonyl (C=O) groups excluding carboxylic acids is 3. The standard InChI is InChI=1S/C26H19N3O4S/c1-2-12-28(26-27-22(16-34-26)17-7-4-3-5-8-17)23(30)18-10-11-20-21(14-18)25(32)29(24(20)31)15-19-9-6-13-33-19/h2-11,13-14,16H,1,12,15H2. The van der Waals surface area contributed by atoms with Crippen molar-refractivity contribution >= 4 is 34.2 Å². The lowest BCUT2D eigenvalue weighted by Gasteiger charge is -2.18. The van der Waals surface area contributed by atoms with Crippen molar-refractivity contribution in [3.63, 3.8) is 0 Å². The number of furan rings is 1. The van der Waals surface area contributed by atoms with Gasteiger partial charge >= 0.3 is 0 Å². The number of benzene rings is 2. The Balaban J connectivity index is 1.43. The molecule has 0 saturated heterocycles. The van der Waals surface area contributed by atoms with Gasteiger partial charge in [0.2, 0.25) is 0 Å². The van der Waals surface area contributed by atoms with E-state index in [1.54, 1.807) is 24.3 Å². The highest BCUT2D eigenvalue weighted by molar-refractivity contribution is 7.14. The maximum absolute atomic E-state index is 13.4. The molecule has 3 amide bonds. The molecule has 0 N–H and O–H groups in total. The van der Waals surface area contributed by atoms with Crippen LogP contribution in [0.5, 0.6) is 0 Å². The van der Waals surface area contributed by atoms with Crippen molar-refractivity contribution in [1.29, 1.82) is 0 Å². The van der Waals surface area contributed by atoms with Crippen molar-refractivity contribution in [2.75, 3.05) is 11.4 Å². The van der Waals surface area contributed by atoms with Gasteiger partial charge in [0.15, 0.2) is 5.13 Å². The van der Waals surface area contributed by atoms with Crippen LogP contribution in [0.15, 0.2) is 89.4 Å². The van der Waals surface area contributed by atoms with Crippen LogP contribution in [0.2, 0.25) is 0 Å². The van der Waals surface area contributed by atoms with Crippen LogP contribution >= 0.6 is 11.3 Å². The fourth-order valence-corrected chi connectivity index (χ4v) is 4.63. The van der Waals surface area contributed by atoms with Gasteiger partial charge in [-0.1, -0.05) is 36.4 Å². The van der Waals surface area contributed by atoms with Crippen LogP contribution in [0.25, 0.3) is 11.3 Å². The smallest absolute Gasteiger partial charge is 0.261 e. The fourth-order valence-electron chi connectivity index (χ4n) is 3.79. The van der Waals surface area contributed by atoms with Crippen molar-refractivity contribution in [3.8, 4) is 11.3 Å². The van der Waals surface area contributed by atoms with E-state index in [1.165, 1.54) is 34.6 Å². The Bertz CT molecular complexity index is 1390. The van der Waals surface area contributed by atoms with E-state index in [0.717, 1.165) is 16.2 Å². The minimum atomic E-state index is -0.457. The van der Waals surface area contributed by atoms with Gasteiger partial charge in [0.05, 0.1) is 29.6 Å². The largest absolute Gasteiger partial charge is 0.467 e. The summed E-state index contributed by atoms with van der Waals surface area (Å²) in [5.41, 5.74) is 2.48. The summed E-state index contributed by atoms with van der Waals surface area (Å²) in [7, 11) is 0. The minimum absolute atomic E-state index is 0.0343. The molecule has 34 heavy (non-hydrogen) atoms. The molecule has 7 nitrogen and oxygen atoms in total. The lowest BCUT2D eigenvalue weighted by atomic mass is 10.0. The Hall–Kier alpha value is -4.30. The second kappa shape index (κ2) is 8.92. The molecule has 1 aliphatic rings. The number of aromatic nitrogens is 1. The maximum atomic E-state index is 13.4. The molecule has 0 spiro atoms. The predicted molar refractivity (Wildman–Crippen MR) is 129 cm³/mol. The third-order valence-electron chi connectivity index (χ3n) is 5.46. The zero-order chi connectivity index (χ0) is 23.7. The summed E-state index contributed by atoms with van der Waals surface area (Å²) in [6.45, 7) is 4.04. The molecule has 2 aromatic heterocycles. The first-order valence-corrected chi connectivity index (χ1v) is 11.4. The van der Waals surface area contributed by atoms with E-state index in [1.807, 2.05) is 35.7 Å². The Morgan fingerprint density at radius 1 is 1.06 bits per heavy atom. The van der Waals surface area contributed by atoms with Crippen molar-refractivity contribution in [2.24, 2.45) is 0 Å². The van der Waals surface area contributed by atoms with Gasteiger partial charge in [-0.25, -0.2) is 4.98 Å². The van der Waals surface area contributed by atoms with Crippen LogP contribution in [0.4, 0.5) is 5.13 Å². The quantitative estimate of drug-likeness (QED) is 0.280. The number of hydrogen-bond acceptors (Lipinski definition) is 6. The van der Waals surface area contributed by atoms with Gasteiger partial charge in [-0.05, 0) is 30.3 Å². The van der Waals surface area contributed by atoms with Crippen molar-refractivity contribution < 1.29 is 18.8 Å². The Labute approximate surface area is 199 Å². The highest BCUT2D eigenvalue weighted by atomic mass is 32.1. The molecular formula is C26H19N3O4S. The fraction of sp³-hybridized carbons (Fsp3) is 0.0769. The molecule has 5 rings (SSSR count). The van der Waals surface area contributed by atoms with Crippen molar-refractivity contribution in [3.05, 3.63) is 107 Å². The second-order valence-corrected chi connectivity index (χ2v) is 8.46. The normalized spacial score (nSPS) is 12.6. The van der Waals surface area contributed by atoms with Gasteiger partial charge in [-0.2, -0.15) is 0 Å². The maximum Gasteiger partial charge on any atom is 0.261 e. The van der Waals surface area contributed by atoms with E-state index in [4.69, 9.17) is 4.42 Å². The summed E-state index contributed by atoms with van der Waals surface area (Å²) in [5, 5.41) is 2.41. The van der Waals surface area contributed by atoms with Gasteiger partial charge in [-0.3, -0.25) is 24.2 Å². The van der Waals surface area contributed by atoms with Crippen molar-refractivity contribution in [2.45, 2.75) is 6.54 Å². The number of hydrogen-bond donors (Lipinski definition) is 0. The third-order valence-corrected chi connectivity index (χ3v) is 6.32. The summed E-state index contributed by atoms with van der Waals surface area (Å²) in [6.07, 6.45) is 3.11. The van der Waals surface area contributed by atoms with E-state index in [-0.39, 0.29) is 35.7 Å². The Morgan fingerprint density at radius 3 is 2.59 bits per heavy atom. The van der Waals surface area contributed by atoms with E-state index in [9.17, 15) is 14.4 Å². The number of imide groups is 1. The number of thiazole rings is 1. The number of amides is 3. The summed E-state index contributed by atoms with van der Waals surface area (Å²) >= 11 is 1.35. The van der Waals surface area contributed by atoms with Gasteiger partial charge in [0.1, 0.15) is 5.76 Å².